The van der Waals surface area contributed by atoms with Gasteiger partial charge in [0, 0.05) is 18.0 Å². The van der Waals surface area contributed by atoms with Gasteiger partial charge in [0.05, 0.1) is 7.11 Å². The number of ether oxygens (including phenoxy) is 1. The van der Waals surface area contributed by atoms with E-state index >= 15 is 0 Å². The molecule has 18 heavy (non-hydrogen) atoms. The van der Waals surface area contributed by atoms with Crippen LogP contribution in [0.15, 0.2) is 48.5 Å². The molecule has 2 N–H and O–H groups in total. The SMILES string of the molecule is COc1ccccc1C(CN)c1ccc(F)cc1. The minimum Gasteiger partial charge on any atom is -0.496 e. The Balaban J connectivity index is 2.41. The number of rotatable bonds is 4. The van der Waals surface area contributed by atoms with Crippen molar-refractivity contribution in [3.8, 4) is 5.75 Å². The van der Waals surface area contributed by atoms with Gasteiger partial charge in [0.15, 0.2) is 0 Å². The molecular weight excluding hydrogens is 229 g/mol. The summed E-state index contributed by atoms with van der Waals surface area (Å²) in [5.74, 6) is 0.577. The molecule has 0 aliphatic carbocycles. The Bertz CT molecular complexity index is 510. The van der Waals surface area contributed by atoms with Crippen LogP contribution in [0.3, 0.4) is 0 Å². The van der Waals surface area contributed by atoms with Crippen LogP contribution < -0.4 is 10.5 Å². The predicted molar refractivity (Wildman–Crippen MR) is 70.3 cm³/mol. The summed E-state index contributed by atoms with van der Waals surface area (Å²) in [5, 5.41) is 0. The summed E-state index contributed by atoms with van der Waals surface area (Å²) in [7, 11) is 1.64. The second kappa shape index (κ2) is 5.65. The second-order valence-corrected chi connectivity index (χ2v) is 4.08. The Labute approximate surface area is 106 Å². The molecule has 0 aliphatic rings. The van der Waals surface area contributed by atoms with Crippen molar-refractivity contribution in [3.63, 3.8) is 0 Å². The van der Waals surface area contributed by atoms with E-state index in [2.05, 4.69) is 0 Å². The summed E-state index contributed by atoms with van der Waals surface area (Å²) in [6, 6.07) is 14.2. The van der Waals surface area contributed by atoms with Gasteiger partial charge in [-0.3, -0.25) is 0 Å². The normalized spacial score (nSPS) is 12.2. The average molecular weight is 245 g/mol. The maximum Gasteiger partial charge on any atom is 0.123 e. The Morgan fingerprint density at radius 3 is 2.39 bits per heavy atom. The van der Waals surface area contributed by atoms with Crippen LogP contribution in [0.25, 0.3) is 0 Å². The van der Waals surface area contributed by atoms with Crippen LogP contribution in [0, 0.1) is 5.82 Å². The molecule has 0 heterocycles. The summed E-state index contributed by atoms with van der Waals surface area (Å²) in [5.41, 5.74) is 7.86. The molecular formula is C15H16FNO. The third-order valence-electron chi connectivity index (χ3n) is 3.02. The van der Waals surface area contributed by atoms with Crippen LogP contribution in [0.5, 0.6) is 5.75 Å². The fraction of sp³-hybridized carbons (Fsp3) is 0.200. The minimum atomic E-state index is -0.241. The summed E-state index contributed by atoms with van der Waals surface area (Å²) in [6.07, 6.45) is 0. The third-order valence-corrected chi connectivity index (χ3v) is 3.02. The molecule has 0 radical (unpaired) electrons. The van der Waals surface area contributed by atoms with Crippen molar-refractivity contribution in [2.75, 3.05) is 13.7 Å². The van der Waals surface area contributed by atoms with Gasteiger partial charge < -0.3 is 10.5 Å². The fourth-order valence-corrected chi connectivity index (χ4v) is 2.09. The van der Waals surface area contributed by atoms with Crippen molar-refractivity contribution in [2.24, 2.45) is 5.73 Å². The van der Waals surface area contributed by atoms with E-state index in [1.54, 1.807) is 19.2 Å². The van der Waals surface area contributed by atoms with E-state index in [0.717, 1.165) is 16.9 Å². The van der Waals surface area contributed by atoms with Crippen LogP contribution in [0.4, 0.5) is 4.39 Å². The molecule has 0 aliphatic heterocycles. The lowest BCUT2D eigenvalue weighted by Crippen LogP contribution is -2.14. The second-order valence-electron chi connectivity index (χ2n) is 4.08. The highest BCUT2D eigenvalue weighted by atomic mass is 19.1. The van der Waals surface area contributed by atoms with Gasteiger partial charge in [-0.25, -0.2) is 4.39 Å². The number of benzene rings is 2. The molecule has 0 saturated heterocycles. The summed E-state index contributed by atoms with van der Waals surface area (Å²) in [4.78, 5) is 0. The Hall–Kier alpha value is -1.87. The van der Waals surface area contributed by atoms with E-state index in [1.807, 2.05) is 24.3 Å². The first-order chi connectivity index (χ1) is 8.76. The van der Waals surface area contributed by atoms with Crippen molar-refractivity contribution in [1.29, 1.82) is 0 Å². The van der Waals surface area contributed by atoms with Gasteiger partial charge in [-0.15, -0.1) is 0 Å². The highest BCUT2D eigenvalue weighted by Crippen LogP contribution is 2.30. The van der Waals surface area contributed by atoms with Gasteiger partial charge in [-0.05, 0) is 23.8 Å². The van der Waals surface area contributed by atoms with Gasteiger partial charge in [-0.1, -0.05) is 30.3 Å². The third kappa shape index (κ3) is 2.51. The van der Waals surface area contributed by atoms with Crippen molar-refractivity contribution >= 4 is 0 Å². The standard InChI is InChI=1S/C15H16FNO/c1-18-15-5-3-2-4-13(15)14(10-17)11-6-8-12(16)9-7-11/h2-9,14H,10,17H2,1H3. The minimum absolute atomic E-state index is 0.0155. The highest BCUT2D eigenvalue weighted by molar-refractivity contribution is 5.42. The van der Waals surface area contributed by atoms with Gasteiger partial charge in [0.25, 0.3) is 0 Å². The number of nitrogens with two attached hydrogens (primary N) is 1. The number of para-hydroxylation sites is 1. The number of hydrogen-bond donors (Lipinski definition) is 1. The first kappa shape index (κ1) is 12.6. The van der Waals surface area contributed by atoms with E-state index in [1.165, 1.54) is 12.1 Å². The number of halogens is 1. The van der Waals surface area contributed by atoms with Gasteiger partial charge in [0.1, 0.15) is 11.6 Å². The van der Waals surface area contributed by atoms with E-state index in [0.29, 0.717) is 6.54 Å². The van der Waals surface area contributed by atoms with E-state index in [-0.39, 0.29) is 11.7 Å². The molecule has 1 unspecified atom stereocenters. The molecule has 3 heteroatoms. The monoisotopic (exact) mass is 245 g/mol. The first-order valence-corrected chi connectivity index (χ1v) is 5.84. The maximum absolute atomic E-state index is 12.9. The number of hydrogen-bond acceptors (Lipinski definition) is 2. The zero-order valence-electron chi connectivity index (χ0n) is 10.3. The molecule has 2 rings (SSSR count). The van der Waals surface area contributed by atoms with Gasteiger partial charge >= 0.3 is 0 Å². The summed E-state index contributed by atoms with van der Waals surface area (Å²) < 4.78 is 18.3. The number of methoxy groups -OCH3 is 1. The van der Waals surface area contributed by atoms with Crippen molar-refractivity contribution in [3.05, 3.63) is 65.5 Å². The van der Waals surface area contributed by atoms with Crippen LogP contribution >= 0.6 is 0 Å². The molecule has 2 aromatic rings. The molecule has 2 aromatic carbocycles. The summed E-state index contributed by atoms with van der Waals surface area (Å²) >= 11 is 0. The van der Waals surface area contributed by atoms with Crippen LogP contribution in [0.2, 0.25) is 0 Å². The molecule has 0 fully saturated rings. The van der Waals surface area contributed by atoms with Crippen molar-refractivity contribution in [2.45, 2.75) is 5.92 Å². The Morgan fingerprint density at radius 1 is 1.11 bits per heavy atom. The zero-order chi connectivity index (χ0) is 13.0. The molecule has 0 spiro atoms. The zero-order valence-corrected chi connectivity index (χ0v) is 10.3. The molecule has 1 atom stereocenters. The quantitative estimate of drug-likeness (QED) is 0.898. The van der Waals surface area contributed by atoms with Crippen LogP contribution in [-0.4, -0.2) is 13.7 Å². The van der Waals surface area contributed by atoms with Crippen molar-refractivity contribution in [1.82, 2.24) is 0 Å². The Kier molecular flexibility index (Phi) is 3.95. The van der Waals surface area contributed by atoms with E-state index in [4.69, 9.17) is 10.5 Å². The highest BCUT2D eigenvalue weighted by Gasteiger charge is 2.16. The summed E-state index contributed by atoms with van der Waals surface area (Å²) in [6.45, 7) is 0.450. The van der Waals surface area contributed by atoms with Crippen LogP contribution in [0.1, 0.15) is 17.0 Å². The lowest BCUT2D eigenvalue weighted by atomic mass is 9.91. The fourth-order valence-electron chi connectivity index (χ4n) is 2.09. The Morgan fingerprint density at radius 2 is 1.78 bits per heavy atom. The molecule has 0 amide bonds. The van der Waals surface area contributed by atoms with Gasteiger partial charge in [-0.2, -0.15) is 0 Å². The lowest BCUT2D eigenvalue weighted by molar-refractivity contribution is 0.407. The maximum atomic E-state index is 12.9. The predicted octanol–water partition coefficient (Wildman–Crippen LogP) is 2.92. The average Bonchev–Trinajstić information content (AvgIpc) is 2.42. The van der Waals surface area contributed by atoms with Crippen molar-refractivity contribution < 1.29 is 9.13 Å². The van der Waals surface area contributed by atoms with Crippen LogP contribution in [-0.2, 0) is 0 Å². The molecule has 94 valence electrons. The lowest BCUT2D eigenvalue weighted by Gasteiger charge is -2.18. The first-order valence-electron chi connectivity index (χ1n) is 5.84. The van der Waals surface area contributed by atoms with E-state index < -0.39 is 0 Å². The molecule has 0 aromatic heterocycles. The smallest absolute Gasteiger partial charge is 0.123 e. The van der Waals surface area contributed by atoms with E-state index in [9.17, 15) is 4.39 Å². The molecule has 0 saturated carbocycles. The molecule has 0 bridgehead atoms. The van der Waals surface area contributed by atoms with Gasteiger partial charge in [0.2, 0.25) is 0 Å². The molecule has 2 nitrogen and oxygen atoms in total. The largest absolute Gasteiger partial charge is 0.496 e. The topological polar surface area (TPSA) is 35.2 Å².